The molecule has 64 heavy (non-hydrogen) atoms. The van der Waals surface area contributed by atoms with Gasteiger partial charge in [-0.1, -0.05) is 242 Å². The summed E-state index contributed by atoms with van der Waals surface area (Å²) in [5.41, 5.74) is 0. The predicted molar refractivity (Wildman–Crippen MR) is 279 cm³/mol. The number of amides is 1. The van der Waals surface area contributed by atoms with Gasteiger partial charge in [0.05, 0.1) is 18.8 Å². The zero-order valence-corrected chi connectivity index (χ0v) is 42.3. The van der Waals surface area contributed by atoms with E-state index >= 15 is 0 Å². The van der Waals surface area contributed by atoms with Crippen molar-refractivity contribution in [3.05, 3.63) is 60.8 Å². The van der Waals surface area contributed by atoms with Gasteiger partial charge in [-0.3, -0.25) is 4.79 Å². The van der Waals surface area contributed by atoms with Crippen LogP contribution < -0.4 is 5.32 Å². The van der Waals surface area contributed by atoms with Crippen LogP contribution in [0.1, 0.15) is 271 Å². The summed E-state index contributed by atoms with van der Waals surface area (Å²) in [6.07, 6.45) is 67.2. The van der Waals surface area contributed by atoms with Crippen LogP contribution in [0, 0.1) is 0 Å². The van der Waals surface area contributed by atoms with E-state index in [9.17, 15) is 25.2 Å². The maximum absolute atomic E-state index is 12.6. The zero-order chi connectivity index (χ0) is 46.7. The van der Waals surface area contributed by atoms with Gasteiger partial charge < -0.3 is 25.7 Å². The lowest BCUT2D eigenvalue weighted by atomic mass is 10.00. The monoisotopic (exact) mass is 898 g/mol. The zero-order valence-electron chi connectivity index (χ0n) is 42.3. The number of aliphatic hydroxyl groups excluding tert-OH is 4. The van der Waals surface area contributed by atoms with Gasteiger partial charge in [-0.05, 0) is 89.9 Å². The lowest BCUT2D eigenvalue weighted by molar-refractivity contribution is -0.132. The Balaban J connectivity index is 3.72. The van der Waals surface area contributed by atoms with Gasteiger partial charge in [0.15, 0.2) is 0 Å². The van der Waals surface area contributed by atoms with E-state index < -0.39 is 36.9 Å². The van der Waals surface area contributed by atoms with Crippen LogP contribution >= 0.6 is 0 Å². The number of nitrogens with one attached hydrogen (secondary N) is 1. The van der Waals surface area contributed by atoms with Gasteiger partial charge >= 0.3 is 0 Å². The molecular weight excluding hydrogens is 791 g/mol. The molecule has 0 bridgehead atoms. The molecule has 4 atom stereocenters. The number of carbonyl (C=O) groups excluding carboxylic acids is 1. The first kappa shape index (κ1) is 62.0. The Kier molecular flexibility index (Phi) is 50.4. The van der Waals surface area contributed by atoms with Crippen molar-refractivity contribution in [2.24, 2.45) is 0 Å². The molecule has 0 aliphatic rings. The molecule has 4 unspecified atom stereocenters. The Morgan fingerprint density at radius 2 is 0.703 bits per heavy atom. The van der Waals surface area contributed by atoms with Gasteiger partial charge in [0.1, 0.15) is 12.2 Å². The number of hydrogen-bond donors (Lipinski definition) is 5. The number of allylic oxidation sites excluding steroid dienone is 10. The molecule has 0 saturated carbocycles. The third-order valence-electron chi connectivity index (χ3n) is 12.7. The summed E-state index contributed by atoms with van der Waals surface area (Å²) in [7, 11) is 0. The van der Waals surface area contributed by atoms with Crippen LogP contribution in [-0.4, -0.2) is 57.3 Å². The van der Waals surface area contributed by atoms with Crippen molar-refractivity contribution in [1.82, 2.24) is 5.32 Å². The molecule has 0 aliphatic carbocycles. The summed E-state index contributed by atoms with van der Waals surface area (Å²) < 4.78 is 0. The SMILES string of the molecule is CCCCC/C=C\C=C/CCCCCCCCCCCC(O)C(=O)NC(CO)C(O)C(O)CCC/C=C/CC/C=C/CC/C=C/CCCCCCCCCCCCCCCCCCC. The number of carbonyl (C=O) groups is 1. The van der Waals surface area contributed by atoms with Crippen LogP contribution in [0.15, 0.2) is 60.8 Å². The van der Waals surface area contributed by atoms with E-state index in [4.69, 9.17) is 0 Å². The Hall–Kier alpha value is -1.99. The fraction of sp³-hybridized carbons (Fsp3) is 0.810. The minimum atomic E-state index is -1.30. The number of hydrogen-bond acceptors (Lipinski definition) is 5. The molecule has 0 aromatic rings. The van der Waals surface area contributed by atoms with Crippen LogP contribution in [0.4, 0.5) is 0 Å². The van der Waals surface area contributed by atoms with E-state index in [2.05, 4.69) is 79.9 Å². The van der Waals surface area contributed by atoms with E-state index in [1.807, 2.05) is 0 Å². The van der Waals surface area contributed by atoms with E-state index in [-0.39, 0.29) is 0 Å². The van der Waals surface area contributed by atoms with Gasteiger partial charge in [0, 0.05) is 0 Å². The molecule has 0 rings (SSSR count). The molecule has 0 saturated heterocycles. The van der Waals surface area contributed by atoms with Crippen molar-refractivity contribution in [1.29, 1.82) is 0 Å². The minimum Gasteiger partial charge on any atom is -0.394 e. The molecule has 6 nitrogen and oxygen atoms in total. The smallest absolute Gasteiger partial charge is 0.249 e. The van der Waals surface area contributed by atoms with Gasteiger partial charge in [-0.2, -0.15) is 0 Å². The molecule has 0 fully saturated rings. The third kappa shape index (κ3) is 45.2. The van der Waals surface area contributed by atoms with Crippen molar-refractivity contribution in [3.8, 4) is 0 Å². The van der Waals surface area contributed by atoms with Gasteiger partial charge in [0.2, 0.25) is 5.91 Å². The number of unbranched alkanes of at least 4 members (excludes halogenated alkanes) is 32. The second kappa shape index (κ2) is 52.0. The molecule has 1 amide bonds. The van der Waals surface area contributed by atoms with Gasteiger partial charge in [-0.25, -0.2) is 0 Å². The first-order chi connectivity index (χ1) is 31.5. The van der Waals surface area contributed by atoms with Crippen molar-refractivity contribution in [2.45, 2.75) is 295 Å². The van der Waals surface area contributed by atoms with Crippen LogP contribution in [0.5, 0.6) is 0 Å². The molecule has 0 radical (unpaired) electrons. The van der Waals surface area contributed by atoms with E-state index in [0.717, 1.165) is 57.8 Å². The second-order valence-corrected chi connectivity index (χ2v) is 18.9. The van der Waals surface area contributed by atoms with Crippen molar-refractivity contribution >= 4 is 5.91 Å². The number of aliphatic hydroxyl groups is 4. The van der Waals surface area contributed by atoms with E-state index in [0.29, 0.717) is 19.3 Å². The first-order valence-electron chi connectivity index (χ1n) is 27.7. The fourth-order valence-corrected chi connectivity index (χ4v) is 8.31. The summed E-state index contributed by atoms with van der Waals surface area (Å²) in [6.45, 7) is 4.02. The standard InChI is InChI=1S/C58H107NO5/c1-3-5-7-9-11-13-15-17-19-21-23-24-25-26-27-28-29-30-31-32-33-34-36-37-39-41-43-45-47-49-51-55(61)57(63)54(53-60)59-58(64)56(62)52-50-48-46-44-42-40-38-35-22-20-18-16-14-12-10-8-6-4-2/h12,14,16,18,31-32,36-37,43,45,54-57,60-63H,3-11,13,15,17,19-30,33-35,38-42,44,46-53H2,1-2H3,(H,59,64)/b14-12-,18-16-,32-31+,37-36+,45-43+. The Labute approximate surface area is 397 Å². The van der Waals surface area contributed by atoms with Gasteiger partial charge in [-0.15, -0.1) is 0 Å². The lowest BCUT2D eigenvalue weighted by Crippen LogP contribution is -2.53. The van der Waals surface area contributed by atoms with E-state index in [1.54, 1.807) is 0 Å². The quantitative estimate of drug-likeness (QED) is 0.0237. The summed E-state index contributed by atoms with van der Waals surface area (Å²) >= 11 is 0. The highest BCUT2D eigenvalue weighted by Crippen LogP contribution is 2.16. The topological polar surface area (TPSA) is 110 Å². The highest BCUT2D eigenvalue weighted by Gasteiger charge is 2.28. The Morgan fingerprint density at radius 1 is 0.391 bits per heavy atom. The van der Waals surface area contributed by atoms with Crippen molar-refractivity contribution < 1.29 is 25.2 Å². The largest absolute Gasteiger partial charge is 0.394 e. The Bertz CT molecular complexity index is 1100. The highest BCUT2D eigenvalue weighted by molar-refractivity contribution is 5.80. The average molecular weight is 898 g/mol. The molecule has 0 spiro atoms. The van der Waals surface area contributed by atoms with Crippen LogP contribution in [-0.2, 0) is 4.79 Å². The van der Waals surface area contributed by atoms with Crippen LogP contribution in [0.3, 0.4) is 0 Å². The molecule has 0 aromatic carbocycles. The summed E-state index contributed by atoms with van der Waals surface area (Å²) in [6, 6.07) is -1.02. The molecule has 6 heteroatoms. The number of rotatable bonds is 50. The molecule has 0 heterocycles. The maximum Gasteiger partial charge on any atom is 0.249 e. The average Bonchev–Trinajstić information content (AvgIpc) is 3.30. The first-order valence-corrected chi connectivity index (χ1v) is 27.7. The van der Waals surface area contributed by atoms with Crippen LogP contribution in [0.25, 0.3) is 0 Å². The normalized spacial score (nSPS) is 14.3. The summed E-state index contributed by atoms with van der Waals surface area (Å²) in [4.78, 5) is 12.6. The Morgan fingerprint density at radius 3 is 1.11 bits per heavy atom. The molecular formula is C58H107NO5. The second-order valence-electron chi connectivity index (χ2n) is 18.9. The molecule has 0 aromatic heterocycles. The van der Waals surface area contributed by atoms with Gasteiger partial charge in [0.25, 0.3) is 0 Å². The minimum absolute atomic E-state index is 0.350. The summed E-state index contributed by atoms with van der Waals surface area (Å²) in [5, 5.41) is 43.9. The lowest BCUT2D eigenvalue weighted by Gasteiger charge is -2.27. The van der Waals surface area contributed by atoms with E-state index in [1.165, 1.54) is 180 Å². The molecule has 5 N–H and O–H groups in total. The highest BCUT2D eigenvalue weighted by atomic mass is 16.3. The predicted octanol–water partition coefficient (Wildman–Crippen LogP) is 16.0. The maximum atomic E-state index is 12.6. The summed E-state index contributed by atoms with van der Waals surface area (Å²) in [5.74, 6) is -0.604. The third-order valence-corrected chi connectivity index (χ3v) is 12.7. The fourth-order valence-electron chi connectivity index (χ4n) is 8.31. The van der Waals surface area contributed by atoms with Crippen molar-refractivity contribution in [3.63, 3.8) is 0 Å². The van der Waals surface area contributed by atoms with Crippen molar-refractivity contribution in [2.75, 3.05) is 6.61 Å². The van der Waals surface area contributed by atoms with Crippen LogP contribution in [0.2, 0.25) is 0 Å². The molecule has 374 valence electrons. The molecule has 0 aliphatic heterocycles.